The van der Waals surface area contributed by atoms with E-state index in [2.05, 4.69) is 15.5 Å². The first kappa shape index (κ1) is 27.5. The molecule has 0 saturated carbocycles. The molecule has 12 heteroatoms. The van der Waals surface area contributed by atoms with Crippen molar-refractivity contribution in [2.75, 3.05) is 7.11 Å². The van der Waals surface area contributed by atoms with E-state index in [1.54, 1.807) is 44.2 Å². The number of nitrogens with one attached hydrogen (secondary N) is 1. The van der Waals surface area contributed by atoms with E-state index in [1.165, 1.54) is 25.4 Å². The Balaban J connectivity index is 2.03. The quantitative estimate of drug-likeness (QED) is 0.281. The van der Waals surface area contributed by atoms with E-state index in [0.29, 0.717) is 27.1 Å². The van der Waals surface area contributed by atoms with Crippen LogP contribution in [-0.2, 0) is 24.3 Å². The standard InChI is InChI=1S/C23H29N3O6S3/c1-14-9-10-23(22(3,30)21(29)34-35(23)31)12-19(28)24-15(2)20-25-16(13-33-20)7-5-6-8-17(26-32-4)18(27)11-14/h5-8,11,13,15,18,27,30H,9-10,12H2,1-4H3,(H,24,28)/b7-5-,8-6+,14-11+,26-17+/t15-,18-,22+,23-,35?/m1/s1. The van der Waals surface area contributed by atoms with Gasteiger partial charge in [0.2, 0.25) is 11.0 Å². The monoisotopic (exact) mass is 539 g/mol. The summed E-state index contributed by atoms with van der Waals surface area (Å²) < 4.78 is 11.6. The van der Waals surface area contributed by atoms with Crippen LogP contribution in [0, 0.1) is 0 Å². The molecule has 9 nitrogen and oxygen atoms in total. The van der Waals surface area contributed by atoms with Gasteiger partial charge in [0.1, 0.15) is 34.3 Å². The number of amides is 1. The third-order valence-electron chi connectivity index (χ3n) is 6.00. The van der Waals surface area contributed by atoms with Gasteiger partial charge in [0.15, 0.2) is 0 Å². The molecule has 2 bridgehead atoms. The number of aliphatic hydroxyl groups excluding tert-OH is 1. The minimum Gasteiger partial charge on any atom is -0.399 e. The van der Waals surface area contributed by atoms with Gasteiger partial charge in [0, 0.05) is 22.6 Å². The fraction of sp³-hybridized carbons (Fsp3) is 0.478. The number of oxime groups is 1. The van der Waals surface area contributed by atoms with Crippen LogP contribution in [0.1, 0.15) is 56.8 Å². The number of fused-ring (bicyclic) bond motifs is 2. The summed E-state index contributed by atoms with van der Waals surface area (Å²) in [7, 11) is 0.0974. The van der Waals surface area contributed by atoms with Crippen molar-refractivity contribution in [1.29, 1.82) is 0 Å². The van der Waals surface area contributed by atoms with E-state index in [4.69, 9.17) is 4.84 Å². The molecule has 35 heavy (non-hydrogen) atoms. The SMILES string of the molecule is CO\N=C1/C=C/C=C\c2csc(n2)[C@@H](C)NC(=O)C[C@@]2(CC/C(C)=C/[C@H]1O)S(=O)SC(=O)[C@]2(C)O. The predicted octanol–water partition coefficient (Wildman–Crippen LogP) is 2.81. The number of aliphatic hydroxyl groups is 2. The smallest absolute Gasteiger partial charge is 0.234 e. The summed E-state index contributed by atoms with van der Waals surface area (Å²) in [6.07, 6.45) is 7.42. The average molecular weight is 540 g/mol. The lowest BCUT2D eigenvalue weighted by atomic mass is 9.81. The zero-order valence-electron chi connectivity index (χ0n) is 19.9. The molecule has 2 aliphatic heterocycles. The summed E-state index contributed by atoms with van der Waals surface area (Å²) in [5, 5.41) is 30.4. The van der Waals surface area contributed by atoms with Crippen molar-refractivity contribution in [3.63, 3.8) is 0 Å². The molecule has 2 aliphatic rings. The molecule has 1 amide bonds. The van der Waals surface area contributed by atoms with Crippen LogP contribution >= 0.6 is 22.1 Å². The van der Waals surface area contributed by atoms with E-state index in [-0.39, 0.29) is 25.0 Å². The maximum absolute atomic E-state index is 13.1. The van der Waals surface area contributed by atoms with E-state index in [9.17, 15) is 24.0 Å². The average Bonchev–Trinajstić information content (AvgIpc) is 3.32. The highest BCUT2D eigenvalue weighted by Crippen LogP contribution is 2.50. The number of carbonyl (C=O) groups excluding carboxylic acids is 2. The van der Waals surface area contributed by atoms with Gasteiger partial charge in [-0.3, -0.25) is 9.59 Å². The highest BCUT2D eigenvalue weighted by atomic mass is 33.1. The zero-order chi connectivity index (χ0) is 25.8. The van der Waals surface area contributed by atoms with Crippen LogP contribution in [0.25, 0.3) is 6.08 Å². The summed E-state index contributed by atoms with van der Waals surface area (Å²) in [5.74, 6) is -0.436. The number of nitrogens with zero attached hydrogens (tertiary/aromatic N) is 2. The van der Waals surface area contributed by atoms with Gasteiger partial charge in [-0.15, -0.1) is 11.3 Å². The lowest BCUT2D eigenvalue weighted by Crippen LogP contribution is -2.55. The topological polar surface area (TPSA) is 138 Å². The summed E-state index contributed by atoms with van der Waals surface area (Å²) in [6, 6.07) is -0.415. The second-order valence-electron chi connectivity index (χ2n) is 8.62. The molecule has 1 aromatic heterocycles. The molecule has 3 heterocycles. The molecular formula is C23H29N3O6S3. The summed E-state index contributed by atoms with van der Waals surface area (Å²) in [4.78, 5) is 34.9. The van der Waals surface area contributed by atoms with Crippen LogP contribution in [0.5, 0.6) is 0 Å². The molecule has 3 rings (SSSR count). The highest BCUT2D eigenvalue weighted by molar-refractivity contribution is 8.76. The molecule has 0 radical (unpaired) electrons. The number of carbonyl (C=O) groups is 2. The molecule has 1 aromatic rings. The van der Waals surface area contributed by atoms with Gasteiger partial charge in [0.25, 0.3) is 0 Å². The third kappa shape index (κ3) is 6.00. The Bertz CT molecular complexity index is 1120. The Hall–Kier alpha value is -2.12. The van der Waals surface area contributed by atoms with Crippen molar-refractivity contribution >= 4 is 54.8 Å². The molecule has 1 saturated heterocycles. The maximum atomic E-state index is 13.1. The number of hydrogen-bond donors (Lipinski definition) is 3. The fourth-order valence-electron chi connectivity index (χ4n) is 3.85. The van der Waals surface area contributed by atoms with Gasteiger partial charge in [-0.05, 0) is 45.8 Å². The molecule has 0 aromatic carbocycles. The molecule has 1 spiro atoms. The first-order chi connectivity index (χ1) is 16.5. The van der Waals surface area contributed by atoms with Crippen LogP contribution in [0.4, 0.5) is 0 Å². The van der Waals surface area contributed by atoms with Crippen molar-refractivity contribution < 1.29 is 28.8 Å². The lowest BCUT2D eigenvalue weighted by Gasteiger charge is -2.36. The minimum absolute atomic E-state index is 0.0962. The lowest BCUT2D eigenvalue weighted by molar-refractivity contribution is -0.132. The Kier molecular flexibility index (Phi) is 8.86. The van der Waals surface area contributed by atoms with E-state index < -0.39 is 43.3 Å². The Morgan fingerprint density at radius 1 is 1.31 bits per heavy atom. The maximum Gasteiger partial charge on any atom is 0.234 e. The first-order valence-corrected chi connectivity index (χ1v) is 14.3. The van der Waals surface area contributed by atoms with E-state index in [0.717, 1.165) is 0 Å². The largest absolute Gasteiger partial charge is 0.399 e. The molecule has 5 atom stereocenters. The van der Waals surface area contributed by atoms with Crippen LogP contribution in [0.2, 0.25) is 0 Å². The molecule has 190 valence electrons. The van der Waals surface area contributed by atoms with Gasteiger partial charge in [0.05, 0.1) is 21.6 Å². The summed E-state index contributed by atoms with van der Waals surface area (Å²) in [5.41, 5.74) is -0.295. The van der Waals surface area contributed by atoms with E-state index >= 15 is 0 Å². The van der Waals surface area contributed by atoms with Gasteiger partial charge in [-0.1, -0.05) is 29.0 Å². The van der Waals surface area contributed by atoms with Crippen molar-refractivity contribution in [1.82, 2.24) is 10.3 Å². The van der Waals surface area contributed by atoms with E-state index in [1.807, 2.05) is 5.38 Å². The number of aromatic nitrogens is 1. The van der Waals surface area contributed by atoms with Crippen LogP contribution in [0.3, 0.4) is 0 Å². The summed E-state index contributed by atoms with van der Waals surface area (Å²) >= 11 is 1.38. The second-order valence-corrected chi connectivity index (χ2v) is 12.7. The number of thiazole rings is 1. The molecule has 1 unspecified atom stereocenters. The number of allylic oxidation sites excluding steroid dienone is 3. The van der Waals surface area contributed by atoms with Gasteiger partial charge in [-0.25, -0.2) is 9.19 Å². The fourth-order valence-corrected chi connectivity index (χ4v) is 8.59. The third-order valence-corrected chi connectivity index (χ3v) is 11.0. The predicted molar refractivity (Wildman–Crippen MR) is 139 cm³/mol. The van der Waals surface area contributed by atoms with Crippen LogP contribution in [0.15, 0.2) is 40.4 Å². The summed E-state index contributed by atoms with van der Waals surface area (Å²) in [6.45, 7) is 4.88. The molecule has 1 fully saturated rings. The van der Waals surface area contributed by atoms with Crippen molar-refractivity contribution in [3.05, 3.63) is 46.0 Å². The van der Waals surface area contributed by atoms with Crippen molar-refractivity contribution in [2.24, 2.45) is 5.16 Å². The van der Waals surface area contributed by atoms with Crippen molar-refractivity contribution in [3.8, 4) is 0 Å². The molecular weight excluding hydrogens is 510 g/mol. The van der Waals surface area contributed by atoms with Crippen LogP contribution in [-0.4, -0.2) is 59.7 Å². The second kappa shape index (κ2) is 11.3. The Morgan fingerprint density at radius 3 is 2.69 bits per heavy atom. The Labute approximate surface area is 214 Å². The van der Waals surface area contributed by atoms with Gasteiger partial charge >= 0.3 is 0 Å². The zero-order valence-corrected chi connectivity index (χ0v) is 22.3. The van der Waals surface area contributed by atoms with Crippen molar-refractivity contribution in [2.45, 2.75) is 62.5 Å². The van der Waals surface area contributed by atoms with Gasteiger partial charge in [-0.2, -0.15) is 0 Å². The van der Waals surface area contributed by atoms with Gasteiger partial charge < -0.3 is 20.4 Å². The highest BCUT2D eigenvalue weighted by Gasteiger charge is 2.63. The molecule has 3 N–H and O–H groups in total. The normalized spacial score (nSPS) is 37.3. The van der Waals surface area contributed by atoms with Crippen LogP contribution < -0.4 is 5.32 Å². The number of hydrogen-bond acceptors (Lipinski definition) is 10. The minimum atomic E-state index is -1.96. The molecule has 0 aliphatic carbocycles. The Morgan fingerprint density at radius 2 is 2.03 bits per heavy atom. The number of rotatable bonds is 1. The first-order valence-electron chi connectivity index (χ1n) is 10.9.